The molecule has 1 amide bonds. The lowest BCUT2D eigenvalue weighted by atomic mass is 10.1. The molecule has 0 aromatic heterocycles. The highest BCUT2D eigenvalue weighted by Gasteiger charge is 2.13. The van der Waals surface area contributed by atoms with E-state index in [4.69, 9.17) is 25.8 Å². The predicted octanol–water partition coefficient (Wildman–Crippen LogP) is 7.69. The quantitative estimate of drug-likeness (QED) is 0.134. The number of anilines is 1. The van der Waals surface area contributed by atoms with Gasteiger partial charge < -0.3 is 19.5 Å². The molecule has 0 heterocycles. The second kappa shape index (κ2) is 14.4. The smallest absolute Gasteiger partial charge is 0.338 e. The molecule has 3 rings (SSSR count). The minimum absolute atomic E-state index is 0.279. The van der Waals surface area contributed by atoms with Crippen LogP contribution in [0.5, 0.6) is 11.5 Å². The standard InChI is InChI=1S/C29H29BrClNO5/c1-3-5-15-36-29(34)21-10-8-11-23(18-21)32-27(33)14-13-20-16-24(30)28(26(17-20)35-4-2)37-19-22-9-6-7-12-25(22)31/h6-14,16-18H,3-5,15,19H2,1-2H3,(H,32,33)/b14-13+. The van der Waals surface area contributed by atoms with Crippen LogP contribution in [0, 0.1) is 0 Å². The van der Waals surface area contributed by atoms with Crippen LogP contribution < -0.4 is 14.8 Å². The van der Waals surface area contributed by atoms with E-state index in [-0.39, 0.29) is 12.5 Å². The first-order valence-corrected chi connectivity index (χ1v) is 13.2. The van der Waals surface area contributed by atoms with Crippen molar-refractivity contribution in [2.75, 3.05) is 18.5 Å². The number of hydrogen-bond acceptors (Lipinski definition) is 5. The average molecular weight is 587 g/mol. The van der Waals surface area contributed by atoms with Crippen LogP contribution >= 0.6 is 27.5 Å². The lowest BCUT2D eigenvalue weighted by Crippen LogP contribution is -2.10. The number of amides is 1. The molecule has 0 radical (unpaired) electrons. The van der Waals surface area contributed by atoms with Crippen LogP contribution in [0.25, 0.3) is 6.08 Å². The van der Waals surface area contributed by atoms with Crippen LogP contribution in [0.2, 0.25) is 5.02 Å². The van der Waals surface area contributed by atoms with Crippen LogP contribution in [-0.4, -0.2) is 25.1 Å². The van der Waals surface area contributed by atoms with E-state index in [0.29, 0.717) is 45.5 Å². The lowest BCUT2D eigenvalue weighted by Gasteiger charge is -2.15. The molecule has 6 nitrogen and oxygen atoms in total. The fourth-order valence-corrected chi connectivity index (χ4v) is 4.09. The molecule has 0 aliphatic carbocycles. The zero-order chi connectivity index (χ0) is 26.6. The lowest BCUT2D eigenvalue weighted by molar-refractivity contribution is -0.111. The van der Waals surface area contributed by atoms with Gasteiger partial charge in [-0.2, -0.15) is 0 Å². The molecule has 1 N–H and O–H groups in total. The van der Waals surface area contributed by atoms with Gasteiger partial charge in [0.25, 0.3) is 0 Å². The van der Waals surface area contributed by atoms with E-state index in [0.717, 1.165) is 24.0 Å². The van der Waals surface area contributed by atoms with E-state index >= 15 is 0 Å². The van der Waals surface area contributed by atoms with Gasteiger partial charge in [0, 0.05) is 22.3 Å². The van der Waals surface area contributed by atoms with Crippen molar-refractivity contribution in [1.82, 2.24) is 0 Å². The number of ether oxygens (including phenoxy) is 3. The van der Waals surface area contributed by atoms with Crippen LogP contribution in [0.1, 0.15) is 48.2 Å². The van der Waals surface area contributed by atoms with Crippen LogP contribution in [0.3, 0.4) is 0 Å². The molecule has 0 spiro atoms. The molecule has 3 aromatic rings. The molecule has 0 aliphatic heterocycles. The first-order valence-electron chi connectivity index (χ1n) is 12.0. The number of benzene rings is 3. The van der Waals surface area contributed by atoms with Crippen molar-refractivity contribution >= 4 is 51.2 Å². The average Bonchev–Trinajstić information content (AvgIpc) is 2.88. The van der Waals surface area contributed by atoms with Gasteiger partial charge in [-0.05, 0) is 77.3 Å². The monoisotopic (exact) mass is 585 g/mol. The van der Waals surface area contributed by atoms with Gasteiger partial charge in [-0.25, -0.2) is 4.79 Å². The summed E-state index contributed by atoms with van der Waals surface area (Å²) in [6.45, 7) is 5.01. The summed E-state index contributed by atoms with van der Waals surface area (Å²) in [6.07, 6.45) is 4.83. The third-order valence-electron chi connectivity index (χ3n) is 5.19. The maximum atomic E-state index is 12.5. The Hall–Kier alpha value is -3.29. The van der Waals surface area contributed by atoms with Crippen molar-refractivity contribution in [2.45, 2.75) is 33.3 Å². The maximum Gasteiger partial charge on any atom is 0.338 e. The van der Waals surface area contributed by atoms with Gasteiger partial charge in [0.05, 0.1) is 23.2 Å². The number of hydrogen-bond donors (Lipinski definition) is 1. The first-order chi connectivity index (χ1) is 17.9. The summed E-state index contributed by atoms with van der Waals surface area (Å²) < 4.78 is 17.7. The fourth-order valence-electron chi connectivity index (χ4n) is 3.32. The van der Waals surface area contributed by atoms with Crippen molar-refractivity contribution in [3.05, 3.63) is 92.9 Å². The number of nitrogens with one attached hydrogen (secondary N) is 1. The van der Waals surface area contributed by atoms with E-state index in [1.807, 2.05) is 44.2 Å². The minimum Gasteiger partial charge on any atom is -0.490 e. The van der Waals surface area contributed by atoms with Crippen LogP contribution in [0.4, 0.5) is 5.69 Å². The second-order valence-corrected chi connectivity index (χ2v) is 9.30. The Morgan fingerprint density at radius 2 is 1.84 bits per heavy atom. The van der Waals surface area contributed by atoms with Gasteiger partial charge in [-0.1, -0.05) is 49.2 Å². The van der Waals surface area contributed by atoms with E-state index in [1.54, 1.807) is 36.4 Å². The van der Waals surface area contributed by atoms with Crippen molar-refractivity contribution < 1.29 is 23.8 Å². The Morgan fingerprint density at radius 3 is 2.59 bits per heavy atom. The molecule has 0 unspecified atom stereocenters. The Bertz CT molecular complexity index is 1260. The van der Waals surface area contributed by atoms with Gasteiger partial charge in [0.15, 0.2) is 11.5 Å². The van der Waals surface area contributed by atoms with Gasteiger partial charge in [-0.15, -0.1) is 0 Å². The number of carbonyl (C=O) groups excluding carboxylic acids is 2. The van der Waals surface area contributed by atoms with E-state index in [1.165, 1.54) is 6.08 Å². The number of unbranched alkanes of at least 4 members (excludes halogenated alkanes) is 1. The molecule has 0 fully saturated rings. The second-order valence-electron chi connectivity index (χ2n) is 8.04. The van der Waals surface area contributed by atoms with Crippen molar-refractivity contribution in [1.29, 1.82) is 0 Å². The molecule has 0 aliphatic rings. The molecule has 3 aromatic carbocycles. The Morgan fingerprint density at radius 1 is 1.03 bits per heavy atom. The zero-order valence-corrected chi connectivity index (χ0v) is 23.1. The summed E-state index contributed by atoms with van der Waals surface area (Å²) in [4.78, 5) is 24.7. The fraction of sp³-hybridized carbons (Fsp3) is 0.241. The molecule has 0 atom stereocenters. The molecule has 0 saturated carbocycles. The molecule has 194 valence electrons. The molecule has 0 saturated heterocycles. The van der Waals surface area contributed by atoms with Gasteiger partial charge in [0.1, 0.15) is 6.61 Å². The highest BCUT2D eigenvalue weighted by atomic mass is 79.9. The summed E-state index contributed by atoms with van der Waals surface area (Å²) >= 11 is 9.79. The summed E-state index contributed by atoms with van der Waals surface area (Å²) in [7, 11) is 0. The van der Waals surface area contributed by atoms with Crippen molar-refractivity contribution in [3.63, 3.8) is 0 Å². The highest BCUT2D eigenvalue weighted by molar-refractivity contribution is 9.10. The van der Waals surface area contributed by atoms with E-state index in [2.05, 4.69) is 21.2 Å². The first kappa shape index (κ1) is 28.3. The molecular weight excluding hydrogens is 558 g/mol. The molecule has 0 bridgehead atoms. The topological polar surface area (TPSA) is 73.9 Å². The molecular formula is C29H29BrClNO5. The number of halogens is 2. The van der Waals surface area contributed by atoms with E-state index in [9.17, 15) is 9.59 Å². The predicted molar refractivity (Wildman–Crippen MR) is 150 cm³/mol. The third-order valence-corrected chi connectivity index (χ3v) is 6.14. The van der Waals surface area contributed by atoms with Crippen molar-refractivity contribution in [3.8, 4) is 11.5 Å². The number of esters is 1. The Kier molecular flexibility index (Phi) is 11.0. The highest BCUT2D eigenvalue weighted by Crippen LogP contribution is 2.38. The summed E-state index contributed by atoms with van der Waals surface area (Å²) in [5.74, 6) is 0.333. The summed E-state index contributed by atoms with van der Waals surface area (Å²) in [6, 6.07) is 17.8. The zero-order valence-electron chi connectivity index (χ0n) is 20.8. The number of carbonyl (C=O) groups is 2. The van der Waals surface area contributed by atoms with E-state index < -0.39 is 5.97 Å². The third kappa shape index (κ3) is 8.65. The molecule has 8 heteroatoms. The normalized spacial score (nSPS) is 10.8. The maximum absolute atomic E-state index is 12.5. The van der Waals surface area contributed by atoms with Gasteiger partial charge >= 0.3 is 5.97 Å². The Balaban J connectivity index is 1.68. The summed E-state index contributed by atoms with van der Waals surface area (Å²) in [5, 5.41) is 3.40. The largest absolute Gasteiger partial charge is 0.490 e. The molecule has 37 heavy (non-hydrogen) atoms. The van der Waals surface area contributed by atoms with Crippen LogP contribution in [-0.2, 0) is 16.1 Å². The minimum atomic E-state index is -0.412. The van der Waals surface area contributed by atoms with Gasteiger partial charge in [0.2, 0.25) is 5.91 Å². The van der Waals surface area contributed by atoms with Crippen molar-refractivity contribution in [2.24, 2.45) is 0 Å². The number of rotatable bonds is 12. The van der Waals surface area contributed by atoms with Crippen LogP contribution in [0.15, 0.2) is 71.2 Å². The van der Waals surface area contributed by atoms with Gasteiger partial charge in [-0.3, -0.25) is 4.79 Å². The Labute approximate surface area is 230 Å². The summed E-state index contributed by atoms with van der Waals surface area (Å²) in [5.41, 5.74) is 2.48. The SMILES string of the molecule is CCCCOC(=O)c1cccc(NC(=O)/C=C/c2cc(Br)c(OCc3ccccc3Cl)c(OCC)c2)c1.